The van der Waals surface area contributed by atoms with Gasteiger partial charge in [-0.15, -0.1) is 0 Å². The van der Waals surface area contributed by atoms with Crippen LogP contribution in [0.2, 0.25) is 0 Å². The maximum absolute atomic E-state index is 12.7. The first-order chi connectivity index (χ1) is 8.69. The number of rotatable bonds is 3. The van der Waals surface area contributed by atoms with Crippen molar-refractivity contribution in [2.24, 2.45) is 5.73 Å². The monoisotopic (exact) mass is 245 g/mol. The Bertz CT molecular complexity index is 554. The Balaban J connectivity index is 2.14. The average molecular weight is 245 g/mol. The summed E-state index contributed by atoms with van der Waals surface area (Å²) >= 11 is 0. The van der Waals surface area contributed by atoms with Crippen LogP contribution in [-0.4, -0.2) is 10.9 Å². The lowest BCUT2D eigenvalue weighted by Crippen LogP contribution is -2.13. The molecule has 0 atom stereocenters. The number of nitrogens with one attached hydrogen (secondary N) is 1. The molecule has 0 fully saturated rings. The molecule has 0 unspecified atom stereocenters. The molecule has 0 saturated carbocycles. The van der Waals surface area contributed by atoms with Crippen molar-refractivity contribution in [3.05, 3.63) is 59.7 Å². The molecule has 0 saturated heterocycles. The van der Waals surface area contributed by atoms with Gasteiger partial charge in [-0.2, -0.15) is 0 Å². The molecule has 5 heteroatoms. The number of hydrogen-bond donors (Lipinski definition) is 2. The van der Waals surface area contributed by atoms with E-state index in [1.165, 1.54) is 30.5 Å². The highest BCUT2D eigenvalue weighted by molar-refractivity contribution is 6.04. The Kier molecular flexibility index (Phi) is 3.64. The van der Waals surface area contributed by atoms with Gasteiger partial charge < -0.3 is 11.1 Å². The second-order valence-electron chi connectivity index (χ2n) is 3.70. The number of carbonyl (C=O) groups is 1. The first kappa shape index (κ1) is 12.2. The zero-order chi connectivity index (χ0) is 13.0. The van der Waals surface area contributed by atoms with E-state index in [1.807, 2.05) is 0 Å². The molecule has 1 amide bonds. The van der Waals surface area contributed by atoms with E-state index in [-0.39, 0.29) is 18.3 Å². The van der Waals surface area contributed by atoms with Crippen LogP contribution >= 0.6 is 0 Å². The smallest absolute Gasteiger partial charge is 0.255 e. The molecular weight excluding hydrogens is 233 g/mol. The van der Waals surface area contributed by atoms with Gasteiger partial charge in [0.1, 0.15) is 5.82 Å². The number of benzene rings is 1. The molecule has 2 aromatic rings. The second-order valence-corrected chi connectivity index (χ2v) is 3.70. The van der Waals surface area contributed by atoms with Crippen molar-refractivity contribution in [2.75, 3.05) is 5.32 Å². The highest BCUT2D eigenvalue weighted by Crippen LogP contribution is 2.10. The van der Waals surface area contributed by atoms with Gasteiger partial charge >= 0.3 is 0 Å². The van der Waals surface area contributed by atoms with Gasteiger partial charge in [-0.05, 0) is 36.4 Å². The van der Waals surface area contributed by atoms with Crippen LogP contribution in [0.4, 0.5) is 10.1 Å². The number of nitrogens with zero attached hydrogens (tertiary/aromatic N) is 1. The van der Waals surface area contributed by atoms with E-state index in [1.54, 1.807) is 12.1 Å². The number of halogens is 1. The van der Waals surface area contributed by atoms with Crippen LogP contribution in [0.3, 0.4) is 0 Å². The second kappa shape index (κ2) is 5.37. The molecule has 4 nitrogen and oxygen atoms in total. The Morgan fingerprint density at radius 1 is 1.28 bits per heavy atom. The molecular formula is C13H12FN3O. The van der Waals surface area contributed by atoms with Crippen molar-refractivity contribution in [3.8, 4) is 0 Å². The third-order valence-corrected chi connectivity index (χ3v) is 2.39. The minimum atomic E-state index is -0.345. The van der Waals surface area contributed by atoms with Gasteiger partial charge in [-0.1, -0.05) is 0 Å². The number of carbonyl (C=O) groups excluding carboxylic acids is 1. The van der Waals surface area contributed by atoms with E-state index in [4.69, 9.17) is 5.73 Å². The summed E-state index contributed by atoms with van der Waals surface area (Å²) < 4.78 is 12.7. The van der Waals surface area contributed by atoms with Crippen molar-refractivity contribution in [3.63, 3.8) is 0 Å². The van der Waals surface area contributed by atoms with E-state index < -0.39 is 0 Å². The maximum Gasteiger partial charge on any atom is 0.255 e. The van der Waals surface area contributed by atoms with Crippen molar-refractivity contribution < 1.29 is 9.18 Å². The summed E-state index contributed by atoms with van der Waals surface area (Å²) in [6.45, 7) is 0.275. The van der Waals surface area contributed by atoms with Gasteiger partial charge in [-0.25, -0.2) is 4.39 Å². The molecule has 1 aromatic heterocycles. The fraction of sp³-hybridized carbons (Fsp3) is 0.0769. The molecule has 0 aliphatic rings. The molecule has 2 rings (SSSR count). The van der Waals surface area contributed by atoms with E-state index >= 15 is 0 Å². The Morgan fingerprint density at radius 3 is 2.67 bits per heavy atom. The third kappa shape index (κ3) is 2.89. The highest BCUT2D eigenvalue weighted by atomic mass is 19.1. The van der Waals surface area contributed by atoms with E-state index in [9.17, 15) is 9.18 Å². The predicted octanol–water partition coefficient (Wildman–Crippen LogP) is 1.93. The van der Waals surface area contributed by atoms with Crippen LogP contribution in [0.15, 0.2) is 42.6 Å². The summed E-state index contributed by atoms with van der Waals surface area (Å²) in [6.07, 6.45) is 1.53. The largest absolute Gasteiger partial charge is 0.325 e. The van der Waals surface area contributed by atoms with Crippen molar-refractivity contribution >= 4 is 11.6 Å². The van der Waals surface area contributed by atoms with E-state index in [0.717, 1.165) is 0 Å². The quantitative estimate of drug-likeness (QED) is 0.868. The third-order valence-electron chi connectivity index (χ3n) is 2.39. The lowest BCUT2D eigenvalue weighted by Gasteiger charge is -2.05. The number of amides is 1. The van der Waals surface area contributed by atoms with Gasteiger partial charge in [0.15, 0.2) is 0 Å². The number of anilines is 1. The summed E-state index contributed by atoms with van der Waals surface area (Å²) in [5, 5.41) is 2.66. The van der Waals surface area contributed by atoms with Crippen molar-refractivity contribution in [1.29, 1.82) is 0 Å². The fourth-order valence-electron chi connectivity index (χ4n) is 1.47. The first-order valence-corrected chi connectivity index (χ1v) is 5.41. The molecule has 1 heterocycles. The Labute approximate surface area is 104 Å². The van der Waals surface area contributed by atoms with Crippen LogP contribution in [0.25, 0.3) is 0 Å². The summed E-state index contributed by atoms with van der Waals surface area (Å²) in [5.74, 6) is -0.624. The van der Waals surface area contributed by atoms with Crippen LogP contribution in [0.5, 0.6) is 0 Å². The molecule has 92 valence electrons. The number of nitrogens with two attached hydrogens (primary N) is 1. The Morgan fingerprint density at radius 2 is 2.00 bits per heavy atom. The fourth-order valence-corrected chi connectivity index (χ4v) is 1.47. The average Bonchev–Trinajstić information content (AvgIpc) is 2.41. The predicted molar refractivity (Wildman–Crippen MR) is 66.5 cm³/mol. The lowest BCUT2D eigenvalue weighted by atomic mass is 10.2. The van der Waals surface area contributed by atoms with Gasteiger partial charge in [-0.3, -0.25) is 9.78 Å². The minimum Gasteiger partial charge on any atom is -0.325 e. The molecule has 0 aliphatic carbocycles. The molecule has 18 heavy (non-hydrogen) atoms. The van der Waals surface area contributed by atoms with Gasteiger partial charge in [0.2, 0.25) is 0 Å². The van der Waals surface area contributed by atoms with E-state index in [0.29, 0.717) is 16.9 Å². The maximum atomic E-state index is 12.7. The Hall–Kier alpha value is -2.27. The molecule has 0 spiro atoms. The molecule has 0 aliphatic heterocycles. The topological polar surface area (TPSA) is 68.0 Å². The van der Waals surface area contributed by atoms with Gasteiger partial charge in [0.05, 0.1) is 5.69 Å². The zero-order valence-corrected chi connectivity index (χ0v) is 9.56. The van der Waals surface area contributed by atoms with Crippen LogP contribution in [0, 0.1) is 5.82 Å². The van der Waals surface area contributed by atoms with E-state index in [2.05, 4.69) is 10.3 Å². The van der Waals surface area contributed by atoms with Crippen LogP contribution in [-0.2, 0) is 6.54 Å². The number of pyridine rings is 1. The molecule has 3 N–H and O–H groups in total. The zero-order valence-electron chi connectivity index (χ0n) is 9.56. The minimum absolute atomic E-state index is 0.275. The SMILES string of the molecule is NCc1cc(C(=O)Nc2ccc(F)cc2)ccn1. The highest BCUT2D eigenvalue weighted by Gasteiger charge is 2.06. The lowest BCUT2D eigenvalue weighted by molar-refractivity contribution is 0.102. The van der Waals surface area contributed by atoms with Crippen molar-refractivity contribution in [2.45, 2.75) is 6.54 Å². The molecule has 1 aromatic carbocycles. The summed E-state index contributed by atoms with van der Waals surface area (Å²) in [4.78, 5) is 15.9. The van der Waals surface area contributed by atoms with Crippen molar-refractivity contribution in [1.82, 2.24) is 4.98 Å². The first-order valence-electron chi connectivity index (χ1n) is 5.41. The van der Waals surface area contributed by atoms with Gasteiger partial charge in [0, 0.05) is 24.0 Å². The molecule has 0 bridgehead atoms. The van der Waals surface area contributed by atoms with Crippen LogP contribution < -0.4 is 11.1 Å². The summed E-state index contributed by atoms with van der Waals surface area (Å²) in [7, 11) is 0. The number of hydrogen-bond acceptors (Lipinski definition) is 3. The molecule has 0 radical (unpaired) electrons. The van der Waals surface area contributed by atoms with Crippen LogP contribution in [0.1, 0.15) is 16.1 Å². The normalized spacial score (nSPS) is 10.1. The summed E-state index contributed by atoms with van der Waals surface area (Å²) in [5.41, 5.74) is 7.09. The summed E-state index contributed by atoms with van der Waals surface area (Å²) in [6, 6.07) is 8.79. The standard InChI is InChI=1S/C13H12FN3O/c14-10-1-3-11(4-2-10)17-13(18)9-5-6-16-12(7-9)8-15/h1-7H,8,15H2,(H,17,18). The number of aromatic nitrogens is 1. The van der Waals surface area contributed by atoms with Gasteiger partial charge in [0.25, 0.3) is 5.91 Å².